The van der Waals surface area contributed by atoms with Crippen molar-refractivity contribution in [1.82, 2.24) is 4.98 Å². The second-order valence-corrected chi connectivity index (χ2v) is 6.31. The molecule has 0 amide bonds. The summed E-state index contributed by atoms with van der Waals surface area (Å²) in [5, 5.41) is 0. The molecule has 2 N–H and O–H groups in total. The van der Waals surface area contributed by atoms with Crippen molar-refractivity contribution in [2.24, 2.45) is 5.92 Å². The highest BCUT2D eigenvalue weighted by atomic mass is 16.5. The number of nitrogens with zero attached hydrogens (tertiary/aromatic N) is 2. The Morgan fingerprint density at radius 3 is 2.67 bits per heavy atom. The van der Waals surface area contributed by atoms with E-state index >= 15 is 0 Å². The van der Waals surface area contributed by atoms with Gasteiger partial charge in [0.15, 0.2) is 0 Å². The van der Waals surface area contributed by atoms with E-state index in [1.165, 1.54) is 32.1 Å². The highest BCUT2D eigenvalue weighted by molar-refractivity contribution is 5.55. The number of hydrogen-bond acceptors (Lipinski definition) is 4. The molecule has 1 saturated carbocycles. The van der Waals surface area contributed by atoms with Crippen molar-refractivity contribution in [2.75, 3.05) is 23.8 Å². The summed E-state index contributed by atoms with van der Waals surface area (Å²) >= 11 is 0. The Hall–Kier alpha value is -1.45. The lowest BCUT2D eigenvalue weighted by Gasteiger charge is -2.31. The van der Waals surface area contributed by atoms with Gasteiger partial charge in [0.1, 0.15) is 5.82 Å². The lowest BCUT2D eigenvalue weighted by Crippen LogP contribution is -2.35. The molecule has 4 heteroatoms. The number of nitrogens with two attached hydrogens (primary N) is 1. The normalized spacial score (nSPS) is 15.6. The van der Waals surface area contributed by atoms with Crippen LogP contribution < -0.4 is 15.4 Å². The molecule has 0 unspecified atom stereocenters. The van der Waals surface area contributed by atoms with E-state index in [1.807, 2.05) is 19.1 Å². The van der Waals surface area contributed by atoms with Gasteiger partial charge in [0, 0.05) is 12.6 Å². The maximum absolute atomic E-state index is 5.95. The standard InChI is InChI=1S/C17H29N3O/c1-4-21-17-15(18)9-10-16(19-17)20(12-11-13(2)3)14-7-5-6-8-14/h9-10,13-14H,4-8,11-12,18H2,1-3H3. The number of nitrogen functional groups attached to an aromatic ring is 1. The van der Waals surface area contributed by atoms with E-state index in [1.54, 1.807) is 0 Å². The Morgan fingerprint density at radius 1 is 1.33 bits per heavy atom. The van der Waals surface area contributed by atoms with E-state index in [-0.39, 0.29) is 0 Å². The van der Waals surface area contributed by atoms with Crippen molar-refractivity contribution < 1.29 is 4.74 Å². The molecule has 0 saturated heterocycles. The van der Waals surface area contributed by atoms with Gasteiger partial charge in [-0.3, -0.25) is 0 Å². The van der Waals surface area contributed by atoms with Gasteiger partial charge in [-0.05, 0) is 44.2 Å². The molecule has 0 aromatic carbocycles. The van der Waals surface area contributed by atoms with Gasteiger partial charge in [-0.25, -0.2) is 0 Å². The lowest BCUT2D eigenvalue weighted by atomic mass is 10.1. The maximum Gasteiger partial charge on any atom is 0.239 e. The highest BCUT2D eigenvalue weighted by Gasteiger charge is 2.24. The smallest absolute Gasteiger partial charge is 0.239 e. The molecular weight excluding hydrogens is 262 g/mol. The Balaban J connectivity index is 2.20. The van der Waals surface area contributed by atoms with Gasteiger partial charge in [0.2, 0.25) is 5.88 Å². The molecule has 0 aliphatic heterocycles. The van der Waals surface area contributed by atoms with E-state index in [4.69, 9.17) is 10.5 Å². The summed E-state index contributed by atoms with van der Waals surface area (Å²) in [6.45, 7) is 8.16. The zero-order chi connectivity index (χ0) is 15.2. The number of pyridine rings is 1. The van der Waals surface area contributed by atoms with Crippen LogP contribution in [0.4, 0.5) is 11.5 Å². The van der Waals surface area contributed by atoms with Crippen LogP contribution in [0.25, 0.3) is 0 Å². The third-order valence-corrected chi connectivity index (χ3v) is 4.16. The van der Waals surface area contributed by atoms with Crippen LogP contribution in [-0.4, -0.2) is 24.2 Å². The first-order valence-electron chi connectivity index (χ1n) is 8.27. The summed E-state index contributed by atoms with van der Waals surface area (Å²) in [7, 11) is 0. The van der Waals surface area contributed by atoms with E-state index in [9.17, 15) is 0 Å². The van der Waals surface area contributed by atoms with Crippen LogP contribution in [0.15, 0.2) is 12.1 Å². The quantitative estimate of drug-likeness (QED) is 0.829. The van der Waals surface area contributed by atoms with E-state index in [0.717, 1.165) is 12.4 Å². The van der Waals surface area contributed by atoms with Gasteiger partial charge in [0.25, 0.3) is 0 Å². The largest absolute Gasteiger partial charge is 0.476 e. The second-order valence-electron chi connectivity index (χ2n) is 6.31. The number of rotatable bonds is 7. The summed E-state index contributed by atoms with van der Waals surface area (Å²) in [6.07, 6.45) is 6.39. The molecule has 0 spiro atoms. The van der Waals surface area contributed by atoms with Crippen LogP contribution in [0.1, 0.15) is 52.9 Å². The fourth-order valence-corrected chi connectivity index (χ4v) is 2.95. The molecule has 0 bridgehead atoms. The van der Waals surface area contributed by atoms with Crippen molar-refractivity contribution in [3.05, 3.63) is 12.1 Å². The first-order valence-corrected chi connectivity index (χ1v) is 8.27. The topological polar surface area (TPSA) is 51.4 Å². The van der Waals surface area contributed by atoms with E-state index in [2.05, 4.69) is 23.7 Å². The third kappa shape index (κ3) is 4.26. The number of ether oxygens (including phenoxy) is 1. The Labute approximate surface area is 128 Å². The predicted molar refractivity (Wildman–Crippen MR) is 88.9 cm³/mol. The molecule has 1 aromatic heterocycles. The summed E-state index contributed by atoms with van der Waals surface area (Å²) in [4.78, 5) is 7.13. The van der Waals surface area contributed by atoms with Crippen molar-refractivity contribution in [3.8, 4) is 5.88 Å². The molecule has 4 nitrogen and oxygen atoms in total. The lowest BCUT2D eigenvalue weighted by molar-refractivity contribution is 0.328. The number of anilines is 2. The molecule has 1 aliphatic carbocycles. The maximum atomic E-state index is 5.95. The third-order valence-electron chi connectivity index (χ3n) is 4.16. The van der Waals surface area contributed by atoms with Crippen molar-refractivity contribution in [3.63, 3.8) is 0 Å². The van der Waals surface area contributed by atoms with Crippen LogP contribution in [0.5, 0.6) is 5.88 Å². The Kier molecular flexibility index (Phi) is 5.71. The van der Waals surface area contributed by atoms with Crippen molar-refractivity contribution in [1.29, 1.82) is 0 Å². The van der Waals surface area contributed by atoms with Crippen LogP contribution in [0, 0.1) is 5.92 Å². The minimum atomic E-state index is 0.572. The SMILES string of the molecule is CCOc1nc(N(CCC(C)C)C2CCCC2)ccc1N. The molecule has 1 aromatic rings. The fraction of sp³-hybridized carbons (Fsp3) is 0.706. The molecule has 0 radical (unpaired) electrons. The molecule has 21 heavy (non-hydrogen) atoms. The number of aromatic nitrogens is 1. The molecule has 1 aliphatic rings. The zero-order valence-electron chi connectivity index (χ0n) is 13.6. The minimum absolute atomic E-state index is 0.572. The first-order chi connectivity index (χ1) is 10.1. The average Bonchev–Trinajstić information content (AvgIpc) is 2.96. The van der Waals surface area contributed by atoms with Gasteiger partial charge in [-0.2, -0.15) is 4.98 Å². The molecule has 1 heterocycles. The molecule has 2 rings (SSSR count). The van der Waals surface area contributed by atoms with Gasteiger partial charge >= 0.3 is 0 Å². The molecule has 1 fully saturated rings. The molecular formula is C17H29N3O. The monoisotopic (exact) mass is 291 g/mol. The Bertz CT molecular complexity index is 442. The van der Waals surface area contributed by atoms with Gasteiger partial charge in [0.05, 0.1) is 12.3 Å². The second kappa shape index (κ2) is 7.53. The zero-order valence-corrected chi connectivity index (χ0v) is 13.6. The van der Waals surface area contributed by atoms with Crippen LogP contribution in [0.3, 0.4) is 0 Å². The van der Waals surface area contributed by atoms with Gasteiger partial charge in [-0.15, -0.1) is 0 Å². The average molecular weight is 291 g/mol. The van der Waals surface area contributed by atoms with E-state index < -0.39 is 0 Å². The highest BCUT2D eigenvalue weighted by Crippen LogP contribution is 2.30. The Morgan fingerprint density at radius 2 is 2.05 bits per heavy atom. The van der Waals surface area contributed by atoms with Crippen LogP contribution in [0.2, 0.25) is 0 Å². The van der Waals surface area contributed by atoms with Crippen LogP contribution >= 0.6 is 0 Å². The molecule has 0 atom stereocenters. The van der Waals surface area contributed by atoms with E-state index in [0.29, 0.717) is 30.1 Å². The minimum Gasteiger partial charge on any atom is -0.476 e. The van der Waals surface area contributed by atoms with Gasteiger partial charge in [-0.1, -0.05) is 26.7 Å². The summed E-state index contributed by atoms with van der Waals surface area (Å²) in [5.74, 6) is 2.29. The predicted octanol–water partition coefficient (Wildman–Crippen LogP) is 3.86. The van der Waals surface area contributed by atoms with Gasteiger partial charge < -0.3 is 15.4 Å². The van der Waals surface area contributed by atoms with Crippen molar-refractivity contribution >= 4 is 11.5 Å². The fourth-order valence-electron chi connectivity index (χ4n) is 2.95. The summed E-state index contributed by atoms with van der Waals surface area (Å²) in [5.41, 5.74) is 6.57. The number of hydrogen-bond donors (Lipinski definition) is 1. The van der Waals surface area contributed by atoms with Crippen molar-refractivity contribution in [2.45, 2.75) is 58.9 Å². The van der Waals surface area contributed by atoms with Crippen LogP contribution in [-0.2, 0) is 0 Å². The molecule has 118 valence electrons. The summed E-state index contributed by atoms with van der Waals surface area (Å²) < 4.78 is 5.55. The summed E-state index contributed by atoms with van der Waals surface area (Å²) in [6, 6.07) is 4.58. The first kappa shape index (κ1) is 15.9.